The van der Waals surface area contributed by atoms with Crippen molar-refractivity contribution >= 4 is 17.4 Å². The Labute approximate surface area is 179 Å². The van der Waals surface area contributed by atoms with Gasteiger partial charge in [-0.15, -0.1) is 0 Å². The molecule has 0 atom stereocenters. The van der Waals surface area contributed by atoms with Crippen LogP contribution in [0.4, 0.5) is 10.2 Å². The fourth-order valence-electron chi connectivity index (χ4n) is 4.24. The largest absolute Gasteiger partial charge is 0.369 e. The highest BCUT2D eigenvalue weighted by Gasteiger charge is 2.40. The number of nitrogens with zero attached hydrogens (tertiary/aromatic N) is 4. The van der Waals surface area contributed by atoms with Crippen LogP contribution in [0.15, 0.2) is 42.9 Å². The molecule has 2 aliphatic heterocycles. The lowest BCUT2D eigenvalue weighted by atomic mass is 10.0. The number of ether oxygens (including phenoxy) is 2. The van der Waals surface area contributed by atoms with Crippen LogP contribution in [0.5, 0.6) is 0 Å². The minimum atomic E-state index is -0.487. The average Bonchev–Trinajstić information content (AvgIpc) is 3.39. The van der Waals surface area contributed by atoms with Crippen LogP contribution in [-0.2, 0) is 14.3 Å². The number of fused-ring (bicyclic) bond motifs is 1. The highest BCUT2D eigenvalue weighted by atomic mass is 19.1. The third-order valence-corrected chi connectivity index (χ3v) is 5.85. The van der Waals surface area contributed by atoms with Gasteiger partial charge >= 0.3 is 0 Å². The van der Waals surface area contributed by atoms with E-state index in [2.05, 4.69) is 15.3 Å². The topological polar surface area (TPSA) is 81.0 Å². The van der Waals surface area contributed by atoms with Crippen molar-refractivity contribution < 1.29 is 18.7 Å². The summed E-state index contributed by atoms with van der Waals surface area (Å²) in [5.74, 6) is -0.0180. The van der Waals surface area contributed by atoms with E-state index >= 15 is 0 Å². The zero-order valence-corrected chi connectivity index (χ0v) is 17.1. The number of hydrogen-bond acceptors (Lipinski definition) is 6. The predicted octanol–water partition coefficient (Wildman–Crippen LogP) is 2.70. The van der Waals surface area contributed by atoms with Crippen molar-refractivity contribution in [1.82, 2.24) is 19.3 Å². The molecule has 162 valence electrons. The standard InChI is InChI=1S/C22H24FN5O3/c23-17-3-1-2-16(14-17)20-21(28-11-8-24-15-18(28)26-20)25-7-4-19(29)27-9-5-22(6-10-27)30-12-13-31-22/h1-3,8,11,14-15,25H,4-7,9-10,12-13H2. The molecular formula is C22H24FN5O3. The number of carbonyl (C=O) groups is 1. The Balaban J connectivity index is 1.26. The number of nitrogens with one attached hydrogen (secondary N) is 1. The van der Waals surface area contributed by atoms with E-state index in [4.69, 9.17) is 9.47 Å². The molecule has 1 amide bonds. The van der Waals surface area contributed by atoms with E-state index < -0.39 is 5.79 Å². The molecule has 4 heterocycles. The Bertz CT molecular complexity index is 1090. The Morgan fingerprint density at radius 1 is 1.23 bits per heavy atom. The first-order chi connectivity index (χ1) is 15.1. The van der Waals surface area contributed by atoms with E-state index in [9.17, 15) is 9.18 Å². The molecule has 0 saturated carbocycles. The SMILES string of the molecule is O=C(CCNc1c(-c2cccc(F)c2)nc2cnccn12)N1CCC2(CC1)OCCO2. The van der Waals surface area contributed by atoms with Crippen LogP contribution in [0.25, 0.3) is 16.9 Å². The van der Waals surface area contributed by atoms with Crippen LogP contribution in [0.1, 0.15) is 19.3 Å². The van der Waals surface area contributed by atoms with Crippen LogP contribution < -0.4 is 5.32 Å². The summed E-state index contributed by atoms with van der Waals surface area (Å²) in [6.07, 6.45) is 6.86. The fraction of sp³-hybridized carbons (Fsp3) is 0.409. The molecule has 0 unspecified atom stereocenters. The van der Waals surface area contributed by atoms with Gasteiger partial charge in [-0.1, -0.05) is 12.1 Å². The van der Waals surface area contributed by atoms with Gasteiger partial charge in [0, 0.05) is 56.9 Å². The quantitative estimate of drug-likeness (QED) is 0.677. The van der Waals surface area contributed by atoms with Crippen molar-refractivity contribution in [3.05, 3.63) is 48.7 Å². The van der Waals surface area contributed by atoms with Crippen LogP contribution in [0, 0.1) is 5.82 Å². The summed E-state index contributed by atoms with van der Waals surface area (Å²) < 4.78 is 27.1. The van der Waals surface area contributed by atoms with Gasteiger partial charge in [0.2, 0.25) is 5.91 Å². The molecule has 1 aromatic carbocycles. The minimum absolute atomic E-state index is 0.0862. The molecule has 9 heteroatoms. The third kappa shape index (κ3) is 3.98. The first-order valence-corrected chi connectivity index (χ1v) is 10.5. The Kier molecular flexibility index (Phi) is 5.29. The molecule has 31 heavy (non-hydrogen) atoms. The maximum Gasteiger partial charge on any atom is 0.224 e. The number of likely N-dealkylation sites (tertiary alicyclic amines) is 1. The van der Waals surface area contributed by atoms with Gasteiger partial charge in [-0.2, -0.15) is 0 Å². The number of anilines is 1. The van der Waals surface area contributed by atoms with Gasteiger partial charge in [0.1, 0.15) is 17.3 Å². The van der Waals surface area contributed by atoms with E-state index in [1.165, 1.54) is 12.1 Å². The van der Waals surface area contributed by atoms with Gasteiger partial charge < -0.3 is 19.7 Å². The van der Waals surface area contributed by atoms with Crippen molar-refractivity contribution in [2.75, 3.05) is 38.2 Å². The monoisotopic (exact) mass is 425 g/mol. The number of piperidine rings is 1. The second kappa shape index (κ2) is 8.24. The molecule has 0 bridgehead atoms. The highest BCUT2D eigenvalue weighted by molar-refractivity contribution is 5.79. The molecule has 2 aromatic heterocycles. The third-order valence-electron chi connectivity index (χ3n) is 5.85. The molecule has 0 aliphatic carbocycles. The molecule has 1 spiro atoms. The first-order valence-electron chi connectivity index (χ1n) is 10.5. The second-order valence-electron chi connectivity index (χ2n) is 7.79. The molecule has 8 nitrogen and oxygen atoms in total. The number of carbonyl (C=O) groups excluding carboxylic acids is 1. The van der Waals surface area contributed by atoms with Crippen LogP contribution in [-0.4, -0.2) is 63.8 Å². The normalized spacial score (nSPS) is 18.0. The highest BCUT2D eigenvalue weighted by Crippen LogP contribution is 2.32. The van der Waals surface area contributed by atoms with Crippen molar-refractivity contribution in [1.29, 1.82) is 0 Å². The Morgan fingerprint density at radius 2 is 2.03 bits per heavy atom. The first kappa shape index (κ1) is 19.9. The fourth-order valence-corrected chi connectivity index (χ4v) is 4.24. The number of rotatable bonds is 5. The zero-order valence-electron chi connectivity index (χ0n) is 17.1. The average molecular weight is 425 g/mol. The maximum absolute atomic E-state index is 13.8. The van der Waals surface area contributed by atoms with Crippen molar-refractivity contribution in [3.63, 3.8) is 0 Å². The number of amides is 1. The molecule has 1 N–H and O–H groups in total. The van der Waals surface area contributed by atoms with Gasteiger partial charge in [0.05, 0.1) is 19.4 Å². The van der Waals surface area contributed by atoms with E-state index in [-0.39, 0.29) is 11.7 Å². The lowest BCUT2D eigenvalue weighted by Gasteiger charge is -2.37. The van der Waals surface area contributed by atoms with Crippen molar-refractivity contribution in [3.8, 4) is 11.3 Å². The second-order valence-corrected chi connectivity index (χ2v) is 7.79. The zero-order chi connectivity index (χ0) is 21.3. The Hall–Kier alpha value is -3.04. The van der Waals surface area contributed by atoms with E-state index in [0.29, 0.717) is 74.8 Å². The minimum Gasteiger partial charge on any atom is -0.369 e. The van der Waals surface area contributed by atoms with E-state index in [0.717, 1.165) is 0 Å². The van der Waals surface area contributed by atoms with E-state index in [1.54, 1.807) is 24.7 Å². The molecule has 2 saturated heterocycles. The summed E-state index contributed by atoms with van der Waals surface area (Å²) in [4.78, 5) is 23.3. The van der Waals surface area contributed by atoms with Gasteiger partial charge in [-0.3, -0.25) is 14.2 Å². The summed E-state index contributed by atoms with van der Waals surface area (Å²) in [6, 6.07) is 6.31. The van der Waals surface area contributed by atoms with Gasteiger partial charge in [-0.05, 0) is 12.1 Å². The van der Waals surface area contributed by atoms with Gasteiger partial charge in [0.15, 0.2) is 11.4 Å². The number of benzene rings is 1. The summed E-state index contributed by atoms with van der Waals surface area (Å²) in [5.41, 5.74) is 1.93. The van der Waals surface area contributed by atoms with E-state index in [1.807, 2.05) is 15.4 Å². The molecule has 0 radical (unpaired) electrons. The predicted molar refractivity (Wildman–Crippen MR) is 112 cm³/mol. The molecule has 2 fully saturated rings. The smallest absolute Gasteiger partial charge is 0.224 e. The van der Waals surface area contributed by atoms with Crippen LogP contribution >= 0.6 is 0 Å². The molecule has 3 aromatic rings. The van der Waals surface area contributed by atoms with Gasteiger partial charge in [-0.25, -0.2) is 9.37 Å². The van der Waals surface area contributed by atoms with Crippen LogP contribution in [0.2, 0.25) is 0 Å². The lowest BCUT2D eigenvalue weighted by Crippen LogP contribution is -2.47. The summed E-state index contributed by atoms with van der Waals surface area (Å²) in [5, 5.41) is 3.33. The van der Waals surface area contributed by atoms with Gasteiger partial charge in [0.25, 0.3) is 0 Å². The van der Waals surface area contributed by atoms with Crippen molar-refractivity contribution in [2.45, 2.75) is 25.0 Å². The number of aromatic nitrogens is 3. The Morgan fingerprint density at radius 3 is 2.81 bits per heavy atom. The molecule has 2 aliphatic rings. The summed E-state index contributed by atoms with van der Waals surface area (Å²) >= 11 is 0. The van der Waals surface area contributed by atoms with Crippen molar-refractivity contribution in [2.24, 2.45) is 0 Å². The maximum atomic E-state index is 13.8. The number of imidazole rings is 1. The number of halogens is 1. The molecule has 5 rings (SSSR count). The summed E-state index contributed by atoms with van der Waals surface area (Å²) in [7, 11) is 0. The molecular weight excluding hydrogens is 401 g/mol. The number of hydrogen-bond donors (Lipinski definition) is 1. The summed E-state index contributed by atoms with van der Waals surface area (Å²) in [6.45, 7) is 2.95. The van der Waals surface area contributed by atoms with Crippen LogP contribution in [0.3, 0.4) is 0 Å². The lowest BCUT2D eigenvalue weighted by molar-refractivity contribution is -0.187.